The third-order valence-corrected chi connectivity index (χ3v) is 3.43. The maximum atomic E-state index is 14.2. The number of aromatic amines is 1. The van der Waals surface area contributed by atoms with Crippen LogP contribution < -0.4 is 0 Å². The number of alkyl halides is 3. The number of fused-ring (bicyclic) bond motifs is 1. The minimum atomic E-state index is -4.67. The molecule has 2 aliphatic rings. The summed E-state index contributed by atoms with van der Waals surface area (Å²) in [5, 5.41) is 0. The van der Waals surface area contributed by atoms with E-state index >= 15 is 0 Å². The van der Waals surface area contributed by atoms with Gasteiger partial charge in [0, 0.05) is 5.56 Å². The molecule has 2 aliphatic heterocycles. The molecular formula is C13H12F4N2S. The van der Waals surface area contributed by atoms with Gasteiger partial charge in [-0.05, 0) is 24.5 Å². The lowest BCUT2D eigenvalue weighted by Gasteiger charge is -2.17. The van der Waals surface area contributed by atoms with E-state index in [2.05, 4.69) is 9.97 Å². The second-order valence-corrected chi connectivity index (χ2v) is 5.26. The normalized spacial score (nSPS) is 12.4. The third-order valence-electron chi connectivity index (χ3n) is 3.10. The largest absolute Gasteiger partial charge is 0.431 e. The number of hydrogen-bond donors (Lipinski definition) is 1. The average molecular weight is 304 g/mol. The van der Waals surface area contributed by atoms with Crippen molar-refractivity contribution in [2.24, 2.45) is 0 Å². The molecule has 20 heavy (non-hydrogen) atoms. The first-order valence-electron chi connectivity index (χ1n) is 5.93. The molecule has 2 nitrogen and oxygen atoms in total. The summed E-state index contributed by atoms with van der Waals surface area (Å²) in [6, 6.07) is 1.47. The first kappa shape index (κ1) is 14.9. The predicted octanol–water partition coefficient (Wildman–Crippen LogP) is 4.83. The quantitative estimate of drug-likeness (QED) is 0.603. The fraction of sp³-hybridized carbons (Fsp3) is 0.385. The number of H-pyrrole nitrogens is 1. The third kappa shape index (κ3) is 2.42. The molecule has 0 unspecified atom stereocenters. The Kier molecular flexibility index (Phi) is 3.58. The van der Waals surface area contributed by atoms with E-state index in [4.69, 9.17) is 12.2 Å². The molecule has 0 aromatic carbocycles. The summed E-state index contributed by atoms with van der Waals surface area (Å²) in [7, 11) is 0. The van der Waals surface area contributed by atoms with E-state index in [9.17, 15) is 17.6 Å². The summed E-state index contributed by atoms with van der Waals surface area (Å²) < 4.78 is 52.8. The molecule has 0 aromatic rings. The molecule has 0 aliphatic carbocycles. The van der Waals surface area contributed by atoms with Gasteiger partial charge in [-0.15, -0.1) is 0 Å². The Labute approximate surface area is 118 Å². The lowest BCUT2D eigenvalue weighted by molar-refractivity contribution is -0.141. The highest BCUT2D eigenvalue weighted by Gasteiger charge is 2.36. The molecule has 2 rings (SSSR count). The van der Waals surface area contributed by atoms with Crippen molar-refractivity contribution < 1.29 is 17.6 Å². The second kappa shape index (κ2) is 4.80. The average Bonchev–Trinajstić information content (AvgIpc) is 2.31. The van der Waals surface area contributed by atoms with Crippen LogP contribution in [0.25, 0.3) is 11.4 Å². The van der Waals surface area contributed by atoms with Crippen molar-refractivity contribution in [3.05, 3.63) is 33.3 Å². The van der Waals surface area contributed by atoms with Gasteiger partial charge in [0.25, 0.3) is 0 Å². The van der Waals surface area contributed by atoms with Gasteiger partial charge in [-0.2, -0.15) is 13.2 Å². The maximum Gasteiger partial charge on any atom is 0.431 e. The van der Waals surface area contributed by atoms with Gasteiger partial charge >= 0.3 is 6.18 Å². The summed E-state index contributed by atoms with van der Waals surface area (Å²) in [6.07, 6.45) is -4.67. The summed E-state index contributed by atoms with van der Waals surface area (Å²) >= 11 is 5.03. The highest BCUT2D eigenvalue weighted by atomic mass is 32.1. The Morgan fingerprint density at radius 3 is 2.40 bits per heavy atom. The van der Waals surface area contributed by atoms with Crippen LogP contribution in [0.4, 0.5) is 17.6 Å². The van der Waals surface area contributed by atoms with E-state index in [1.165, 1.54) is 6.07 Å². The van der Waals surface area contributed by atoms with Gasteiger partial charge < -0.3 is 4.98 Å². The smallest absolute Gasteiger partial charge is 0.335 e. The summed E-state index contributed by atoms with van der Waals surface area (Å²) in [5.74, 6) is -1.09. The molecule has 0 fully saturated rings. The van der Waals surface area contributed by atoms with Gasteiger partial charge in [0.1, 0.15) is 22.0 Å². The van der Waals surface area contributed by atoms with Crippen molar-refractivity contribution in [2.75, 3.05) is 0 Å². The van der Waals surface area contributed by atoms with Crippen LogP contribution in [0.5, 0.6) is 0 Å². The van der Waals surface area contributed by atoms with Crippen molar-refractivity contribution >= 4 is 12.2 Å². The van der Waals surface area contributed by atoms with Crippen LogP contribution in [-0.2, 0) is 6.18 Å². The fourth-order valence-corrected chi connectivity index (χ4v) is 2.38. The number of hydrogen-bond acceptors (Lipinski definition) is 2. The zero-order chi connectivity index (χ0) is 15.2. The molecule has 0 radical (unpaired) electrons. The van der Waals surface area contributed by atoms with E-state index in [1.807, 2.05) is 13.8 Å². The summed E-state index contributed by atoms with van der Waals surface area (Å²) in [5.41, 5.74) is -0.952. The molecule has 2 heterocycles. The molecule has 0 bridgehead atoms. The van der Waals surface area contributed by atoms with Gasteiger partial charge in [0.05, 0.1) is 5.56 Å². The Morgan fingerprint density at radius 2 is 1.90 bits per heavy atom. The van der Waals surface area contributed by atoms with Crippen LogP contribution in [0.2, 0.25) is 0 Å². The number of nitrogens with zero attached hydrogens (tertiary/aromatic N) is 1. The van der Waals surface area contributed by atoms with Crippen LogP contribution in [0.15, 0.2) is 6.07 Å². The van der Waals surface area contributed by atoms with E-state index < -0.39 is 23.3 Å². The minimum absolute atomic E-state index is 0.0152. The molecule has 108 valence electrons. The van der Waals surface area contributed by atoms with E-state index in [0.29, 0.717) is 5.56 Å². The van der Waals surface area contributed by atoms with Crippen LogP contribution >= 0.6 is 12.2 Å². The molecular weight excluding hydrogens is 292 g/mol. The van der Waals surface area contributed by atoms with Crippen molar-refractivity contribution in [3.8, 4) is 11.4 Å². The van der Waals surface area contributed by atoms with Crippen LogP contribution in [-0.4, -0.2) is 9.97 Å². The van der Waals surface area contributed by atoms with Crippen molar-refractivity contribution in [2.45, 2.75) is 32.9 Å². The van der Waals surface area contributed by atoms with Crippen molar-refractivity contribution in [1.29, 1.82) is 0 Å². The van der Waals surface area contributed by atoms with Gasteiger partial charge in [-0.3, -0.25) is 0 Å². The van der Waals surface area contributed by atoms with E-state index in [0.717, 1.165) is 6.92 Å². The standard InChI is InChI=1S/C13H12F4N2S/c1-5(2)7-4-8-9(14)6(3)10(13(15,16)17)18-11(8)19-12(7)20/h4-5H,1-3H3,(H,18,19,20). The zero-order valence-electron chi connectivity index (χ0n) is 11.0. The lowest BCUT2D eigenvalue weighted by Crippen LogP contribution is -2.15. The molecule has 0 saturated heterocycles. The Bertz CT molecular complexity index is 688. The second-order valence-electron chi connectivity index (χ2n) is 4.87. The maximum absolute atomic E-state index is 14.2. The number of aromatic nitrogens is 2. The lowest BCUT2D eigenvalue weighted by atomic mass is 10.0. The Hall–Kier alpha value is -1.50. The SMILES string of the molecule is Cc1c(C(F)(F)F)[nH]c2nc(=S)c(C(C)C)cc-2c1F. The van der Waals surface area contributed by atoms with Gasteiger partial charge in [-0.25, -0.2) is 9.37 Å². The van der Waals surface area contributed by atoms with Crippen molar-refractivity contribution in [3.63, 3.8) is 0 Å². The molecule has 0 spiro atoms. The van der Waals surface area contributed by atoms with E-state index in [1.54, 1.807) is 0 Å². The molecule has 7 heteroatoms. The van der Waals surface area contributed by atoms with Gasteiger partial charge in [-0.1, -0.05) is 26.1 Å². The number of rotatable bonds is 1. The predicted molar refractivity (Wildman–Crippen MR) is 69.8 cm³/mol. The summed E-state index contributed by atoms with van der Waals surface area (Å²) in [6.45, 7) is 4.80. The molecule has 0 atom stereocenters. The monoisotopic (exact) mass is 304 g/mol. The molecule has 0 amide bonds. The first-order valence-corrected chi connectivity index (χ1v) is 6.34. The first-order chi connectivity index (χ1) is 9.12. The highest BCUT2D eigenvalue weighted by molar-refractivity contribution is 7.71. The van der Waals surface area contributed by atoms with Crippen LogP contribution in [0.3, 0.4) is 0 Å². The fourth-order valence-electron chi connectivity index (χ4n) is 2.00. The minimum Gasteiger partial charge on any atom is -0.335 e. The number of halogens is 4. The Morgan fingerprint density at radius 1 is 1.30 bits per heavy atom. The van der Waals surface area contributed by atoms with Gasteiger partial charge in [0.2, 0.25) is 0 Å². The molecule has 0 saturated carbocycles. The zero-order valence-corrected chi connectivity index (χ0v) is 11.8. The number of pyridine rings is 2. The van der Waals surface area contributed by atoms with Gasteiger partial charge in [0.15, 0.2) is 0 Å². The molecule has 1 N–H and O–H groups in total. The number of nitrogens with one attached hydrogen (secondary N) is 1. The summed E-state index contributed by atoms with van der Waals surface area (Å²) in [4.78, 5) is 6.03. The van der Waals surface area contributed by atoms with Crippen LogP contribution in [0.1, 0.15) is 36.6 Å². The Balaban J connectivity index is 2.85. The van der Waals surface area contributed by atoms with Crippen LogP contribution in [0, 0.1) is 17.4 Å². The highest BCUT2D eigenvalue weighted by Crippen LogP contribution is 2.36. The molecule has 0 aromatic heterocycles. The van der Waals surface area contributed by atoms with E-state index in [-0.39, 0.29) is 21.9 Å². The van der Waals surface area contributed by atoms with Crippen molar-refractivity contribution in [1.82, 2.24) is 9.97 Å². The topological polar surface area (TPSA) is 28.7 Å².